The molecule has 1 aromatic heterocycles. The highest BCUT2D eigenvalue weighted by Gasteiger charge is 2.24. The molecule has 3 rings (SSSR count). The minimum absolute atomic E-state index is 0.302. The number of fused-ring (bicyclic) bond motifs is 1. The zero-order valence-corrected chi connectivity index (χ0v) is 10.6. The first-order valence-electron chi connectivity index (χ1n) is 6.81. The number of carbonyl (C=O) groups is 1. The molecule has 18 heavy (non-hydrogen) atoms. The Morgan fingerprint density at radius 3 is 3.06 bits per heavy atom. The zero-order chi connectivity index (χ0) is 12.4. The van der Waals surface area contributed by atoms with E-state index in [1.165, 1.54) is 0 Å². The molecule has 1 saturated heterocycles. The molecule has 0 atom stereocenters. The predicted molar refractivity (Wildman–Crippen MR) is 67.9 cm³/mol. The topological polar surface area (TPSA) is 50.2 Å². The fourth-order valence-electron chi connectivity index (χ4n) is 2.85. The lowest BCUT2D eigenvalue weighted by Crippen LogP contribution is -2.40. The van der Waals surface area contributed by atoms with Gasteiger partial charge in [0.1, 0.15) is 5.82 Å². The minimum Gasteiger partial charge on any atom is -0.333 e. The van der Waals surface area contributed by atoms with Crippen LogP contribution in [0, 0.1) is 5.92 Å². The summed E-state index contributed by atoms with van der Waals surface area (Å²) in [5.41, 5.74) is 0. The van der Waals surface area contributed by atoms with Gasteiger partial charge in [0.05, 0.1) is 6.54 Å². The van der Waals surface area contributed by atoms with E-state index in [0.717, 1.165) is 44.8 Å². The van der Waals surface area contributed by atoms with Crippen LogP contribution in [0.3, 0.4) is 0 Å². The molecule has 0 spiro atoms. The number of rotatable bonds is 2. The van der Waals surface area contributed by atoms with Gasteiger partial charge >= 0.3 is 0 Å². The molecule has 0 bridgehead atoms. The largest absolute Gasteiger partial charge is 0.333 e. The number of amides is 1. The lowest BCUT2D eigenvalue weighted by molar-refractivity contribution is -0.133. The Balaban J connectivity index is 1.57. The van der Waals surface area contributed by atoms with Crippen LogP contribution in [0.2, 0.25) is 0 Å². The van der Waals surface area contributed by atoms with E-state index >= 15 is 0 Å². The second-order valence-corrected chi connectivity index (χ2v) is 5.25. The Bertz CT molecular complexity index is 422. The molecule has 0 unspecified atom stereocenters. The van der Waals surface area contributed by atoms with Gasteiger partial charge in [-0.3, -0.25) is 4.79 Å². The van der Waals surface area contributed by atoms with Crippen molar-refractivity contribution in [1.82, 2.24) is 19.8 Å². The van der Waals surface area contributed by atoms with Crippen molar-refractivity contribution >= 4 is 5.91 Å². The summed E-state index contributed by atoms with van der Waals surface area (Å²) in [4.78, 5) is 18.5. The highest BCUT2D eigenvalue weighted by atomic mass is 16.2. The van der Waals surface area contributed by atoms with Crippen molar-refractivity contribution in [3.63, 3.8) is 0 Å². The van der Waals surface area contributed by atoms with E-state index in [4.69, 9.17) is 0 Å². The standard InChI is InChI=1S/C13H20N4O/c18-13(9-11-1-3-14-4-2-11)17-8-7-16-6-5-15-12(16)10-17/h5-6,11,14H,1-4,7-10H2. The molecule has 0 aliphatic carbocycles. The summed E-state index contributed by atoms with van der Waals surface area (Å²) >= 11 is 0. The minimum atomic E-state index is 0.302. The molecule has 98 valence electrons. The van der Waals surface area contributed by atoms with E-state index in [2.05, 4.69) is 14.9 Å². The fourth-order valence-corrected chi connectivity index (χ4v) is 2.85. The van der Waals surface area contributed by atoms with Crippen molar-refractivity contribution in [3.8, 4) is 0 Å². The van der Waals surface area contributed by atoms with Gasteiger partial charge in [-0.15, -0.1) is 0 Å². The van der Waals surface area contributed by atoms with Crippen molar-refractivity contribution in [2.24, 2.45) is 5.92 Å². The molecule has 1 aromatic rings. The summed E-state index contributed by atoms with van der Waals surface area (Å²) in [6, 6.07) is 0. The van der Waals surface area contributed by atoms with Crippen molar-refractivity contribution in [2.45, 2.75) is 32.4 Å². The number of nitrogens with zero attached hydrogens (tertiary/aromatic N) is 3. The first-order chi connectivity index (χ1) is 8.83. The van der Waals surface area contributed by atoms with Gasteiger partial charge in [-0.05, 0) is 31.8 Å². The third-order valence-corrected chi connectivity index (χ3v) is 4.02. The van der Waals surface area contributed by atoms with Crippen LogP contribution in [0.1, 0.15) is 25.1 Å². The molecule has 0 saturated carbocycles. The summed E-state index contributed by atoms with van der Waals surface area (Å²) < 4.78 is 2.13. The summed E-state index contributed by atoms with van der Waals surface area (Å²) in [6.07, 6.45) is 6.78. The van der Waals surface area contributed by atoms with Gasteiger partial charge in [0.2, 0.25) is 5.91 Å². The molecule has 1 N–H and O–H groups in total. The van der Waals surface area contributed by atoms with Gasteiger partial charge in [0.25, 0.3) is 0 Å². The highest BCUT2D eigenvalue weighted by molar-refractivity contribution is 5.76. The quantitative estimate of drug-likeness (QED) is 0.834. The van der Waals surface area contributed by atoms with Crippen LogP contribution >= 0.6 is 0 Å². The predicted octanol–water partition coefficient (Wildman–Crippen LogP) is 0.615. The van der Waals surface area contributed by atoms with Crippen LogP contribution in [-0.2, 0) is 17.9 Å². The Morgan fingerprint density at radius 1 is 1.39 bits per heavy atom. The van der Waals surface area contributed by atoms with Crippen molar-refractivity contribution in [2.75, 3.05) is 19.6 Å². The number of hydrogen-bond donors (Lipinski definition) is 1. The number of piperidine rings is 1. The van der Waals surface area contributed by atoms with Gasteiger partial charge in [-0.2, -0.15) is 0 Å². The maximum Gasteiger partial charge on any atom is 0.223 e. The smallest absolute Gasteiger partial charge is 0.223 e. The SMILES string of the molecule is O=C(CC1CCNCC1)N1CCn2ccnc2C1. The molecular formula is C13H20N4O. The second-order valence-electron chi connectivity index (χ2n) is 5.25. The average Bonchev–Trinajstić information content (AvgIpc) is 2.87. The molecule has 0 radical (unpaired) electrons. The fraction of sp³-hybridized carbons (Fsp3) is 0.692. The van der Waals surface area contributed by atoms with E-state index in [0.29, 0.717) is 24.8 Å². The summed E-state index contributed by atoms with van der Waals surface area (Å²) in [5.74, 6) is 1.89. The first-order valence-corrected chi connectivity index (χ1v) is 6.81. The van der Waals surface area contributed by atoms with Crippen LogP contribution in [0.25, 0.3) is 0 Å². The van der Waals surface area contributed by atoms with Gasteiger partial charge in [-0.25, -0.2) is 4.98 Å². The molecule has 5 heteroatoms. The molecule has 2 aliphatic rings. The monoisotopic (exact) mass is 248 g/mol. The molecule has 0 aromatic carbocycles. The van der Waals surface area contributed by atoms with Gasteiger partial charge in [-0.1, -0.05) is 0 Å². The van der Waals surface area contributed by atoms with E-state index in [9.17, 15) is 4.79 Å². The zero-order valence-electron chi connectivity index (χ0n) is 10.6. The molecule has 2 aliphatic heterocycles. The van der Waals surface area contributed by atoms with E-state index in [1.54, 1.807) is 0 Å². The number of carbonyl (C=O) groups excluding carboxylic acids is 1. The number of nitrogens with one attached hydrogen (secondary N) is 1. The lowest BCUT2D eigenvalue weighted by Gasteiger charge is -2.30. The normalized spacial score (nSPS) is 20.8. The van der Waals surface area contributed by atoms with Gasteiger partial charge < -0.3 is 14.8 Å². The Labute approximate surface area is 107 Å². The Kier molecular flexibility index (Phi) is 3.32. The number of aromatic nitrogens is 2. The first kappa shape index (κ1) is 11.7. The highest BCUT2D eigenvalue weighted by Crippen LogP contribution is 2.19. The summed E-state index contributed by atoms with van der Waals surface area (Å²) in [6.45, 7) is 4.50. The van der Waals surface area contributed by atoms with Crippen LogP contribution < -0.4 is 5.32 Å². The Morgan fingerprint density at radius 2 is 2.22 bits per heavy atom. The van der Waals surface area contributed by atoms with Crippen LogP contribution in [-0.4, -0.2) is 40.0 Å². The molecule has 1 fully saturated rings. The second kappa shape index (κ2) is 5.10. The molecule has 3 heterocycles. The summed E-state index contributed by atoms with van der Waals surface area (Å²) in [7, 11) is 0. The van der Waals surface area contributed by atoms with E-state index < -0.39 is 0 Å². The Hall–Kier alpha value is -1.36. The maximum atomic E-state index is 12.3. The molecule has 5 nitrogen and oxygen atoms in total. The van der Waals surface area contributed by atoms with Crippen LogP contribution in [0.5, 0.6) is 0 Å². The van der Waals surface area contributed by atoms with Gasteiger partial charge in [0.15, 0.2) is 0 Å². The summed E-state index contributed by atoms with van der Waals surface area (Å²) in [5, 5.41) is 3.34. The van der Waals surface area contributed by atoms with Crippen LogP contribution in [0.4, 0.5) is 0 Å². The third-order valence-electron chi connectivity index (χ3n) is 4.02. The van der Waals surface area contributed by atoms with E-state index in [1.807, 2.05) is 17.3 Å². The maximum absolute atomic E-state index is 12.3. The van der Waals surface area contributed by atoms with Crippen LogP contribution in [0.15, 0.2) is 12.4 Å². The van der Waals surface area contributed by atoms with Gasteiger partial charge in [0, 0.05) is 31.9 Å². The third kappa shape index (κ3) is 2.41. The molecule has 1 amide bonds. The van der Waals surface area contributed by atoms with Crippen molar-refractivity contribution in [1.29, 1.82) is 0 Å². The van der Waals surface area contributed by atoms with E-state index in [-0.39, 0.29) is 0 Å². The lowest BCUT2D eigenvalue weighted by atomic mass is 9.94. The van der Waals surface area contributed by atoms with Crippen molar-refractivity contribution < 1.29 is 4.79 Å². The number of hydrogen-bond acceptors (Lipinski definition) is 3. The molecular weight excluding hydrogens is 228 g/mol. The number of imidazole rings is 1. The average molecular weight is 248 g/mol. The van der Waals surface area contributed by atoms with Crippen molar-refractivity contribution in [3.05, 3.63) is 18.2 Å².